The van der Waals surface area contributed by atoms with Crippen LogP contribution in [0.4, 0.5) is 8.78 Å². The number of aliphatic hydroxyl groups is 1. The van der Waals surface area contributed by atoms with Crippen LogP contribution in [0.25, 0.3) is 0 Å². The van der Waals surface area contributed by atoms with Crippen LogP contribution in [0.5, 0.6) is 0 Å². The van der Waals surface area contributed by atoms with Crippen molar-refractivity contribution in [1.82, 2.24) is 4.98 Å². The van der Waals surface area contributed by atoms with Crippen molar-refractivity contribution in [2.75, 3.05) is 0 Å². The first-order valence-electron chi connectivity index (χ1n) is 3.60. The lowest BCUT2D eigenvalue weighted by molar-refractivity contribution is 0.145. The molecule has 0 spiro atoms. The van der Waals surface area contributed by atoms with E-state index >= 15 is 0 Å². The fraction of sp³-hybridized carbons (Fsp3) is 0.375. The molecule has 2 nitrogen and oxygen atoms in total. The van der Waals surface area contributed by atoms with E-state index in [0.29, 0.717) is 4.47 Å². The van der Waals surface area contributed by atoms with E-state index < -0.39 is 13.0 Å². The monoisotopic (exact) mass is 251 g/mol. The molecule has 1 heterocycles. The molecule has 13 heavy (non-hydrogen) atoms. The minimum Gasteiger partial charge on any atom is -0.392 e. The van der Waals surface area contributed by atoms with E-state index in [2.05, 4.69) is 20.9 Å². The molecular weight excluding hydrogens is 244 g/mol. The zero-order chi connectivity index (χ0) is 10.0. The van der Waals surface area contributed by atoms with Gasteiger partial charge in [0.05, 0.1) is 6.61 Å². The molecular formula is C8H8BrF2NO. The molecule has 0 atom stereocenters. The van der Waals surface area contributed by atoms with Gasteiger partial charge in [-0.2, -0.15) is 0 Å². The maximum Gasteiger partial charge on any atom is 0.265 e. The van der Waals surface area contributed by atoms with E-state index in [1.807, 2.05) is 0 Å². The molecule has 0 saturated heterocycles. The molecule has 0 aliphatic rings. The molecule has 0 amide bonds. The van der Waals surface area contributed by atoms with Gasteiger partial charge in [0.2, 0.25) is 0 Å². The van der Waals surface area contributed by atoms with Crippen molar-refractivity contribution in [3.05, 3.63) is 27.5 Å². The Balaban J connectivity index is 3.35. The van der Waals surface area contributed by atoms with Crippen LogP contribution in [0.3, 0.4) is 0 Å². The molecule has 0 saturated carbocycles. The largest absolute Gasteiger partial charge is 0.392 e. The van der Waals surface area contributed by atoms with Crippen molar-refractivity contribution >= 4 is 15.9 Å². The lowest BCUT2D eigenvalue weighted by Crippen LogP contribution is -2.01. The normalized spacial score (nSPS) is 10.9. The molecule has 1 rings (SSSR count). The summed E-state index contributed by atoms with van der Waals surface area (Å²) < 4.78 is 25.4. The fourth-order valence-corrected chi connectivity index (χ4v) is 1.54. The Morgan fingerprint density at radius 2 is 2.23 bits per heavy atom. The van der Waals surface area contributed by atoms with Gasteiger partial charge in [-0.3, -0.25) is 4.98 Å². The van der Waals surface area contributed by atoms with E-state index in [4.69, 9.17) is 5.11 Å². The highest BCUT2D eigenvalue weighted by Crippen LogP contribution is 2.29. The third-order valence-corrected chi connectivity index (χ3v) is 2.43. The van der Waals surface area contributed by atoms with Gasteiger partial charge in [-0.1, -0.05) is 0 Å². The Kier molecular flexibility index (Phi) is 3.33. The molecule has 1 aromatic heterocycles. The maximum absolute atomic E-state index is 12.5. The molecule has 0 unspecified atom stereocenters. The van der Waals surface area contributed by atoms with Gasteiger partial charge in [0, 0.05) is 27.5 Å². The predicted octanol–water partition coefficient (Wildman–Crippen LogP) is 2.58. The Morgan fingerprint density at radius 3 is 2.62 bits per heavy atom. The number of hydrogen-bond acceptors (Lipinski definition) is 2. The van der Waals surface area contributed by atoms with E-state index in [-0.39, 0.29) is 16.8 Å². The van der Waals surface area contributed by atoms with Gasteiger partial charge in [0.25, 0.3) is 6.43 Å². The highest BCUT2D eigenvalue weighted by molar-refractivity contribution is 9.10. The zero-order valence-corrected chi connectivity index (χ0v) is 8.48. The second-order valence-corrected chi connectivity index (χ2v) is 3.40. The molecule has 0 aromatic carbocycles. The summed E-state index contributed by atoms with van der Waals surface area (Å²) in [6, 6.07) is 0. The van der Waals surface area contributed by atoms with Crippen LogP contribution in [0.2, 0.25) is 0 Å². The number of aliphatic hydroxyl groups excluding tert-OH is 1. The number of hydrogen-bond donors (Lipinski definition) is 1. The quantitative estimate of drug-likeness (QED) is 0.877. The van der Waals surface area contributed by atoms with Gasteiger partial charge in [-0.15, -0.1) is 0 Å². The molecule has 0 fully saturated rings. The van der Waals surface area contributed by atoms with Crippen LogP contribution in [0, 0.1) is 6.92 Å². The van der Waals surface area contributed by atoms with Crippen molar-refractivity contribution in [3.63, 3.8) is 0 Å². The summed E-state index contributed by atoms with van der Waals surface area (Å²) in [5.41, 5.74) is 0.279. The summed E-state index contributed by atoms with van der Waals surface area (Å²) in [4.78, 5) is 3.77. The molecule has 72 valence electrons. The summed E-state index contributed by atoms with van der Waals surface area (Å²) in [6.07, 6.45) is -1.20. The van der Waals surface area contributed by atoms with Crippen LogP contribution in [-0.4, -0.2) is 10.1 Å². The summed E-state index contributed by atoms with van der Waals surface area (Å²) in [5, 5.41) is 8.88. The molecule has 1 N–H and O–H groups in total. The Hall–Kier alpha value is -0.550. The van der Waals surface area contributed by atoms with Crippen molar-refractivity contribution in [2.24, 2.45) is 0 Å². The standard InChI is InChI=1S/C8H8BrF2NO/c1-4-7(8(10)11)5(3-13)6(9)2-12-4/h2,8,13H,3H2,1H3. The Bertz CT molecular complexity index is 317. The number of aromatic nitrogens is 1. The van der Waals surface area contributed by atoms with E-state index in [1.165, 1.54) is 13.1 Å². The minimum absolute atomic E-state index is 0.183. The first-order valence-corrected chi connectivity index (χ1v) is 4.40. The Labute approximate surface area is 82.7 Å². The number of aryl methyl sites for hydroxylation is 1. The second kappa shape index (κ2) is 4.11. The zero-order valence-electron chi connectivity index (χ0n) is 6.89. The predicted molar refractivity (Wildman–Crippen MR) is 47.6 cm³/mol. The van der Waals surface area contributed by atoms with Crippen molar-refractivity contribution in [1.29, 1.82) is 0 Å². The summed E-state index contributed by atoms with van der Waals surface area (Å²) in [6.45, 7) is 1.08. The minimum atomic E-state index is -2.60. The first kappa shape index (κ1) is 10.5. The summed E-state index contributed by atoms with van der Waals surface area (Å²) in [5.74, 6) is 0. The molecule has 1 aromatic rings. The van der Waals surface area contributed by atoms with Gasteiger partial charge in [0.1, 0.15) is 0 Å². The maximum atomic E-state index is 12.5. The number of alkyl halides is 2. The van der Waals surface area contributed by atoms with Crippen molar-refractivity contribution in [3.8, 4) is 0 Å². The lowest BCUT2D eigenvalue weighted by Gasteiger charge is -2.10. The smallest absolute Gasteiger partial charge is 0.265 e. The summed E-state index contributed by atoms with van der Waals surface area (Å²) >= 11 is 3.05. The van der Waals surface area contributed by atoms with Gasteiger partial charge in [-0.05, 0) is 22.9 Å². The van der Waals surface area contributed by atoms with Crippen LogP contribution >= 0.6 is 15.9 Å². The van der Waals surface area contributed by atoms with Crippen LogP contribution in [-0.2, 0) is 6.61 Å². The summed E-state index contributed by atoms with van der Waals surface area (Å²) in [7, 11) is 0. The number of rotatable bonds is 2. The average Bonchev–Trinajstić information content (AvgIpc) is 2.07. The average molecular weight is 252 g/mol. The lowest BCUT2D eigenvalue weighted by atomic mass is 10.1. The van der Waals surface area contributed by atoms with Gasteiger partial charge < -0.3 is 5.11 Å². The van der Waals surface area contributed by atoms with Crippen LogP contribution in [0.15, 0.2) is 10.7 Å². The van der Waals surface area contributed by atoms with Crippen molar-refractivity contribution in [2.45, 2.75) is 20.0 Å². The number of halogens is 3. The Morgan fingerprint density at radius 1 is 1.62 bits per heavy atom. The molecule has 0 radical (unpaired) electrons. The number of nitrogens with zero attached hydrogens (tertiary/aromatic N) is 1. The van der Waals surface area contributed by atoms with Gasteiger partial charge in [-0.25, -0.2) is 8.78 Å². The van der Waals surface area contributed by atoms with E-state index in [0.717, 1.165) is 0 Å². The molecule has 0 bridgehead atoms. The molecule has 0 aliphatic heterocycles. The van der Waals surface area contributed by atoms with Crippen LogP contribution in [0.1, 0.15) is 23.2 Å². The van der Waals surface area contributed by atoms with Crippen LogP contribution < -0.4 is 0 Å². The first-order chi connectivity index (χ1) is 6.07. The second-order valence-electron chi connectivity index (χ2n) is 2.54. The van der Waals surface area contributed by atoms with Crippen molar-refractivity contribution < 1.29 is 13.9 Å². The van der Waals surface area contributed by atoms with E-state index in [1.54, 1.807) is 0 Å². The molecule has 0 aliphatic carbocycles. The third kappa shape index (κ3) is 2.03. The number of pyridine rings is 1. The SMILES string of the molecule is Cc1ncc(Br)c(CO)c1C(F)F. The van der Waals surface area contributed by atoms with Gasteiger partial charge in [0.15, 0.2) is 0 Å². The molecule has 5 heteroatoms. The highest BCUT2D eigenvalue weighted by atomic mass is 79.9. The van der Waals surface area contributed by atoms with E-state index in [9.17, 15) is 8.78 Å². The van der Waals surface area contributed by atoms with Gasteiger partial charge >= 0.3 is 0 Å². The third-order valence-electron chi connectivity index (χ3n) is 1.75. The highest BCUT2D eigenvalue weighted by Gasteiger charge is 2.18. The fourth-order valence-electron chi connectivity index (χ4n) is 1.10. The topological polar surface area (TPSA) is 33.1 Å².